The first-order valence-electron chi connectivity index (χ1n) is 35.4. The van der Waals surface area contributed by atoms with Gasteiger partial charge in [0.1, 0.15) is 90.6 Å². The Hall–Kier alpha value is -13.8. The Morgan fingerprint density at radius 1 is 0.289 bits per heavy atom. The van der Waals surface area contributed by atoms with E-state index in [1.54, 1.807) is 0 Å². The van der Waals surface area contributed by atoms with Crippen LogP contribution >= 0.6 is 0 Å². The number of nitrogens with zero attached hydrogens (tertiary/aromatic N) is 8. The molecular formula is C88H62F12N8O6. The second-order valence-electron chi connectivity index (χ2n) is 26.9. The number of hydrogen-bond donors (Lipinski definition) is 0. The van der Waals surface area contributed by atoms with E-state index in [9.17, 15) is 26.3 Å². The Morgan fingerprint density at radius 3 is 0.842 bits per heavy atom. The molecular weight excluding hydrogens is 1490 g/mol. The average molecular weight is 1560 g/mol. The molecule has 0 aliphatic heterocycles. The first-order valence-corrected chi connectivity index (χ1v) is 35.4. The van der Waals surface area contributed by atoms with E-state index in [-0.39, 0.29) is 67.7 Å². The third-order valence-corrected chi connectivity index (χ3v) is 18.7. The minimum atomic E-state index is -1.74. The largest absolute Gasteiger partial charge is 0.493 e. The lowest BCUT2D eigenvalue weighted by atomic mass is 9.91. The van der Waals surface area contributed by atoms with Crippen molar-refractivity contribution in [1.82, 2.24) is 25.2 Å². The Labute approximate surface area is 643 Å². The summed E-state index contributed by atoms with van der Waals surface area (Å²) in [6, 6.07) is 69.8. The molecule has 15 aromatic rings. The predicted octanol–water partition coefficient (Wildman–Crippen LogP) is 20.6. The topological polar surface area (TPSA) is 123 Å². The fourth-order valence-corrected chi connectivity index (χ4v) is 13.0. The minimum Gasteiger partial charge on any atom is -0.493 e. The van der Waals surface area contributed by atoms with Crippen molar-refractivity contribution in [3.05, 3.63) is 349 Å². The Balaban J connectivity index is 0.968. The normalized spacial score (nSPS) is 11.6. The summed E-state index contributed by atoms with van der Waals surface area (Å²) in [6.45, 7) is -4.32. The van der Waals surface area contributed by atoms with Crippen molar-refractivity contribution >= 4 is 56.2 Å². The van der Waals surface area contributed by atoms with Gasteiger partial charge in [0.25, 0.3) is 0 Å². The Morgan fingerprint density at radius 2 is 0.553 bits per heavy atom. The van der Waals surface area contributed by atoms with E-state index >= 15 is 26.3 Å². The predicted molar refractivity (Wildman–Crippen MR) is 403 cm³/mol. The maximum atomic E-state index is 15.1. The van der Waals surface area contributed by atoms with Crippen LogP contribution in [0.5, 0.6) is 34.5 Å². The summed E-state index contributed by atoms with van der Waals surface area (Å²) in [6.07, 6.45) is 0. The van der Waals surface area contributed by atoms with Crippen LogP contribution < -0.4 is 48.1 Å². The van der Waals surface area contributed by atoms with E-state index in [1.165, 1.54) is 9.59 Å². The summed E-state index contributed by atoms with van der Waals surface area (Å²) >= 11 is 0. The molecule has 0 radical (unpaired) electrons. The molecule has 0 spiro atoms. The molecule has 0 unspecified atom stereocenters. The van der Waals surface area contributed by atoms with E-state index in [0.717, 1.165) is 132 Å². The van der Waals surface area contributed by atoms with Crippen LogP contribution in [0.1, 0.15) is 0 Å². The van der Waals surface area contributed by atoms with Gasteiger partial charge >= 0.3 is 0 Å². The molecule has 0 aliphatic rings. The molecule has 26 heteroatoms. The summed E-state index contributed by atoms with van der Waals surface area (Å²) in [5, 5.41) is 21.3. The van der Waals surface area contributed by atoms with Crippen LogP contribution in [-0.4, -0.2) is 59.7 Å². The fraction of sp³-hybridized carbons (Fsp3) is 0.114. The van der Waals surface area contributed by atoms with Gasteiger partial charge in [0.2, 0.25) is 0 Å². The second-order valence-corrected chi connectivity index (χ2v) is 26.9. The lowest BCUT2D eigenvalue weighted by molar-refractivity contribution is -0.814. The number of fused-ring (bicyclic) bond motifs is 2. The van der Waals surface area contributed by atoms with Crippen LogP contribution in [0.3, 0.4) is 0 Å². The minimum absolute atomic E-state index is 0.134. The molecule has 0 bridgehead atoms. The quantitative estimate of drug-likeness (QED) is 0.0314. The lowest BCUT2D eigenvalue weighted by Gasteiger charge is -2.32. The third-order valence-electron chi connectivity index (χ3n) is 18.7. The van der Waals surface area contributed by atoms with Crippen molar-refractivity contribution in [2.24, 2.45) is 10.8 Å². The smallest absolute Gasteiger partial charge is 0.178 e. The highest BCUT2D eigenvalue weighted by atomic mass is 19.2. The van der Waals surface area contributed by atoms with Crippen molar-refractivity contribution in [3.63, 3.8) is 0 Å². The molecule has 0 aliphatic carbocycles. The molecule has 14 nitrogen and oxygen atoms in total. The van der Waals surface area contributed by atoms with Gasteiger partial charge in [0, 0.05) is 92.7 Å². The number of hydrogen-bond acceptors (Lipinski definition) is 11. The van der Waals surface area contributed by atoms with E-state index in [0.29, 0.717) is 22.5 Å². The van der Waals surface area contributed by atoms with Crippen molar-refractivity contribution < 1.29 is 85.9 Å². The SMILES string of the molecule is Fc1ccc(OCC(COc2ccc(F)c(F)c2)(COc2ccc(F)c(F)c2)Cn2nc3c(-c4ccc(N(c5ccccc5)c5ccccc5)cc4)c4n[n+](CC(COc5ccc(F)c(F)c5)(COc5ccc(F)c(F)c5)COc5ccc(F)c(F)c5)[n-]c4c(-c4ccc(N(c5ccccc5)c5ccccc5)cc4)c3n2)cc1F. The highest BCUT2D eigenvalue weighted by molar-refractivity contribution is 6.16. The van der Waals surface area contributed by atoms with Crippen molar-refractivity contribution in [2.75, 3.05) is 49.4 Å². The standard InChI is InChI=1S/C88H62F12N8O6/c89-69-35-29-63(41-75(69)95)109-49-87(50-110-64-30-36-70(90)76(96)42-64,51-111-65-31-37-71(91)77(97)43-65)47-105-101-83-81(55-21-25-61(26-22-55)107(57-13-5-1-6-14-57)58-15-7-2-8-16-58)84-86(82(85(83)103-105)56-23-27-62(28-24-56)108(59-17-9-3-10-18-59)60-19-11-4-12-20-60)104-106(102-84)48-88(52-112-66-32-38-72(92)78(98)44-66,53-113-67-33-39-73(93)79(99)45-67)54-114-68-34-40-74(94)80(100)46-68/h1-46H,47-54H2. The van der Waals surface area contributed by atoms with Crippen LogP contribution in [0.4, 0.5) is 86.8 Å². The Kier molecular flexibility index (Phi) is 21.9. The van der Waals surface area contributed by atoms with Gasteiger partial charge in [-0.2, -0.15) is 30.0 Å². The van der Waals surface area contributed by atoms with Gasteiger partial charge in [-0.25, -0.2) is 52.7 Å². The van der Waals surface area contributed by atoms with Gasteiger partial charge in [-0.15, -0.1) is 0 Å². The summed E-state index contributed by atoms with van der Waals surface area (Å²) in [7, 11) is 0. The maximum Gasteiger partial charge on any atom is 0.178 e. The molecule has 0 N–H and O–H groups in total. The summed E-state index contributed by atoms with van der Waals surface area (Å²) in [5.41, 5.74) is 3.09. The van der Waals surface area contributed by atoms with Crippen molar-refractivity contribution in [1.29, 1.82) is 0 Å². The van der Waals surface area contributed by atoms with Crippen molar-refractivity contribution in [2.45, 2.75) is 13.1 Å². The lowest BCUT2D eigenvalue weighted by Crippen LogP contribution is -2.55. The zero-order valence-corrected chi connectivity index (χ0v) is 59.8. The fourth-order valence-electron chi connectivity index (χ4n) is 13.0. The number of para-hydroxylation sites is 4. The third kappa shape index (κ3) is 16.9. The van der Waals surface area contributed by atoms with Gasteiger partial charge in [-0.1, -0.05) is 97.1 Å². The number of halogens is 12. The second kappa shape index (κ2) is 33.0. The number of anilines is 6. The van der Waals surface area contributed by atoms with Crippen LogP contribution in [0.2, 0.25) is 0 Å². The van der Waals surface area contributed by atoms with E-state index in [1.807, 2.05) is 180 Å². The molecule has 114 heavy (non-hydrogen) atoms. The van der Waals surface area contributed by atoms with E-state index < -0.39 is 133 Å². The molecule has 574 valence electrons. The summed E-state index contributed by atoms with van der Waals surface area (Å²) in [5.74, 6) is -16.0. The first-order chi connectivity index (χ1) is 55.3. The molecule has 0 saturated carbocycles. The van der Waals surface area contributed by atoms with Crippen LogP contribution in [-0.2, 0) is 13.1 Å². The Bertz CT molecular complexity index is 5160. The highest BCUT2D eigenvalue weighted by Crippen LogP contribution is 2.45. The number of aromatic nitrogens is 6. The highest BCUT2D eigenvalue weighted by Gasteiger charge is 2.41. The molecule has 2 heterocycles. The number of rotatable bonds is 30. The molecule has 13 aromatic carbocycles. The monoisotopic (exact) mass is 1550 g/mol. The van der Waals surface area contributed by atoms with Gasteiger partial charge < -0.3 is 38.2 Å². The molecule has 15 rings (SSSR count). The van der Waals surface area contributed by atoms with Gasteiger partial charge in [0.15, 0.2) is 76.4 Å². The molecule has 0 saturated heterocycles. The zero-order chi connectivity index (χ0) is 79.0. The van der Waals surface area contributed by atoms with E-state index in [2.05, 4.69) is 0 Å². The van der Waals surface area contributed by atoms with Crippen LogP contribution in [0.15, 0.2) is 279 Å². The van der Waals surface area contributed by atoms with Gasteiger partial charge in [0.05, 0.1) is 12.0 Å². The van der Waals surface area contributed by atoms with Gasteiger partial charge in [-0.05, 0) is 157 Å². The number of benzene rings is 13. The van der Waals surface area contributed by atoms with Crippen molar-refractivity contribution in [3.8, 4) is 56.8 Å². The zero-order valence-electron chi connectivity index (χ0n) is 59.8. The van der Waals surface area contributed by atoms with Gasteiger partial charge in [-0.3, -0.25) is 0 Å². The van der Waals surface area contributed by atoms with Crippen LogP contribution in [0.25, 0.3) is 44.3 Å². The van der Waals surface area contributed by atoms with E-state index in [4.69, 9.17) is 48.8 Å². The summed E-state index contributed by atoms with van der Waals surface area (Å²) < 4.78 is 216. The molecule has 0 atom stereocenters. The average Bonchev–Trinajstić information content (AvgIpc) is 1.57. The molecule has 0 amide bonds. The van der Waals surface area contributed by atoms with Crippen LogP contribution in [0, 0.1) is 80.6 Å². The summed E-state index contributed by atoms with van der Waals surface area (Å²) in [4.78, 5) is 6.61. The molecule has 0 fully saturated rings. The maximum absolute atomic E-state index is 15.1. The number of ether oxygens (including phenoxy) is 6. The molecule has 2 aromatic heterocycles. The first kappa shape index (κ1) is 75.6.